The fourth-order valence-electron chi connectivity index (χ4n) is 1.92. The summed E-state index contributed by atoms with van der Waals surface area (Å²) in [5, 5.41) is 0. The first-order chi connectivity index (χ1) is 7.67. The molecule has 0 N–H and O–H groups in total. The van der Waals surface area contributed by atoms with Crippen LogP contribution in [0.25, 0.3) is 0 Å². The van der Waals surface area contributed by atoms with Crippen molar-refractivity contribution in [3.05, 3.63) is 29.8 Å². The summed E-state index contributed by atoms with van der Waals surface area (Å²) >= 11 is 0. The highest BCUT2D eigenvalue weighted by molar-refractivity contribution is 5.30. The molecule has 1 rings (SSSR count). The zero-order valence-corrected chi connectivity index (χ0v) is 10.9. The Kier molecular flexibility index (Phi) is 5.33. The molecule has 1 atom stereocenters. The van der Waals surface area contributed by atoms with Crippen LogP contribution in [0.5, 0.6) is 5.75 Å². The number of benzene rings is 1. The zero-order chi connectivity index (χ0) is 12.0. The minimum Gasteiger partial charge on any atom is -0.497 e. The predicted octanol–water partition coefficient (Wildman–Crippen LogP) is 3.14. The van der Waals surface area contributed by atoms with Crippen molar-refractivity contribution in [1.82, 2.24) is 4.90 Å². The molecule has 0 amide bonds. The first-order valence-electron chi connectivity index (χ1n) is 5.96. The molecule has 1 aromatic rings. The van der Waals surface area contributed by atoms with Crippen LogP contribution in [0, 0.1) is 0 Å². The Morgan fingerprint density at radius 1 is 1.31 bits per heavy atom. The van der Waals surface area contributed by atoms with E-state index in [1.807, 2.05) is 6.07 Å². The summed E-state index contributed by atoms with van der Waals surface area (Å²) in [6.07, 6.45) is 2.39. The van der Waals surface area contributed by atoms with Crippen LogP contribution in [0.1, 0.15) is 31.2 Å². The average Bonchev–Trinajstić information content (AvgIpc) is 2.30. The summed E-state index contributed by atoms with van der Waals surface area (Å²) in [6, 6.07) is 8.44. The lowest BCUT2D eigenvalue weighted by molar-refractivity contribution is 0.377. The molecule has 0 aromatic heterocycles. The molecular weight excluding hydrogens is 198 g/mol. The maximum absolute atomic E-state index is 5.26. The summed E-state index contributed by atoms with van der Waals surface area (Å²) in [7, 11) is 5.97. The maximum Gasteiger partial charge on any atom is 0.119 e. The van der Waals surface area contributed by atoms with Crippen molar-refractivity contribution in [3.63, 3.8) is 0 Å². The van der Waals surface area contributed by atoms with Gasteiger partial charge in [0, 0.05) is 0 Å². The Bertz CT molecular complexity index is 309. The van der Waals surface area contributed by atoms with Crippen LogP contribution in [0.4, 0.5) is 0 Å². The van der Waals surface area contributed by atoms with Crippen molar-refractivity contribution < 1.29 is 4.74 Å². The Balaban J connectivity index is 2.70. The van der Waals surface area contributed by atoms with Gasteiger partial charge in [-0.15, -0.1) is 0 Å². The fraction of sp³-hybridized carbons (Fsp3) is 0.571. The van der Waals surface area contributed by atoms with E-state index in [9.17, 15) is 0 Å². The van der Waals surface area contributed by atoms with Crippen LogP contribution in [0.15, 0.2) is 24.3 Å². The Morgan fingerprint density at radius 2 is 2.06 bits per heavy atom. The van der Waals surface area contributed by atoms with E-state index < -0.39 is 0 Å². The van der Waals surface area contributed by atoms with Crippen LogP contribution in [-0.2, 0) is 0 Å². The highest BCUT2D eigenvalue weighted by atomic mass is 16.5. The van der Waals surface area contributed by atoms with Gasteiger partial charge in [-0.2, -0.15) is 0 Å². The van der Waals surface area contributed by atoms with E-state index in [4.69, 9.17) is 4.74 Å². The Morgan fingerprint density at radius 3 is 2.62 bits per heavy atom. The van der Waals surface area contributed by atoms with Crippen LogP contribution < -0.4 is 4.74 Å². The molecule has 0 radical (unpaired) electrons. The lowest BCUT2D eigenvalue weighted by Crippen LogP contribution is -2.15. The van der Waals surface area contributed by atoms with Crippen molar-refractivity contribution in [1.29, 1.82) is 0 Å². The molecule has 16 heavy (non-hydrogen) atoms. The molecule has 0 saturated carbocycles. The van der Waals surface area contributed by atoms with Crippen molar-refractivity contribution >= 4 is 0 Å². The molecular formula is C14H23NO. The number of nitrogens with zero attached hydrogens (tertiary/aromatic N) is 1. The van der Waals surface area contributed by atoms with Gasteiger partial charge in [-0.25, -0.2) is 0 Å². The molecule has 0 bridgehead atoms. The topological polar surface area (TPSA) is 12.5 Å². The van der Waals surface area contributed by atoms with Crippen molar-refractivity contribution in [2.75, 3.05) is 27.7 Å². The van der Waals surface area contributed by atoms with Gasteiger partial charge in [0.2, 0.25) is 0 Å². The van der Waals surface area contributed by atoms with Gasteiger partial charge in [-0.3, -0.25) is 0 Å². The van der Waals surface area contributed by atoms with Crippen molar-refractivity contribution in [2.24, 2.45) is 0 Å². The molecule has 0 unspecified atom stereocenters. The number of rotatable bonds is 6. The third kappa shape index (κ3) is 3.86. The SMILES string of the molecule is CC[C@H](CCN(C)C)c1cccc(OC)c1. The molecule has 0 fully saturated rings. The highest BCUT2D eigenvalue weighted by Gasteiger charge is 2.10. The fourth-order valence-corrected chi connectivity index (χ4v) is 1.92. The van der Waals surface area contributed by atoms with Gasteiger partial charge >= 0.3 is 0 Å². The van der Waals surface area contributed by atoms with E-state index in [0.29, 0.717) is 5.92 Å². The van der Waals surface area contributed by atoms with E-state index in [2.05, 4.69) is 44.1 Å². The van der Waals surface area contributed by atoms with Crippen LogP contribution in [0.3, 0.4) is 0 Å². The van der Waals surface area contributed by atoms with Crippen LogP contribution in [-0.4, -0.2) is 32.6 Å². The van der Waals surface area contributed by atoms with Gasteiger partial charge in [-0.05, 0) is 57.1 Å². The molecule has 0 spiro atoms. The summed E-state index contributed by atoms with van der Waals surface area (Å²) < 4.78 is 5.26. The van der Waals surface area contributed by atoms with Crippen molar-refractivity contribution in [2.45, 2.75) is 25.7 Å². The second kappa shape index (κ2) is 6.54. The normalized spacial score (nSPS) is 12.8. The first-order valence-corrected chi connectivity index (χ1v) is 5.96. The van der Waals surface area contributed by atoms with E-state index >= 15 is 0 Å². The maximum atomic E-state index is 5.26. The number of hydrogen-bond donors (Lipinski definition) is 0. The van der Waals surface area contributed by atoms with Crippen LogP contribution in [0.2, 0.25) is 0 Å². The van der Waals surface area contributed by atoms with E-state index in [0.717, 1.165) is 12.3 Å². The lowest BCUT2D eigenvalue weighted by atomic mass is 9.93. The standard InChI is InChI=1S/C14H23NO/c1-5-12(9-10-15(2)3)13-7-6-8-14(11-13)16-4/h6-8,11-12H,5,9-10H2,1-4H3/t12-/m1/s1. The molecule has 0 heterocycles. The number of methoxy groups -OCH3 is 1. The zero-order valence-electron chi connectivity index (χ0n) is 10.9. The molecule has 0 aliphatic carbocycles. The molecule has 90 valence electrons. The van der Waals surface area contributed by atoms with E-state index in [1.54, 1.807) is 7.11 Å². The highest BCUT2D eigenvalue weighted by Crippen LogP contribution is 2.26. The molecule has 1 aromatic carbocycles. The van der Waals surface area contributed by atoms with Gasteiger partial charge in [0.15, 0.2) is 0 Å². The molecule has 2 heteroatoms. The van der Waals surface area contributed by atoms with Gasteiger partial charge in [-0.1, -0.05) is 19.1 Å². The minimum absolute atomic E-state index is 0.637. The number of ether oxygens (including phenoxy) is 1. The average molecular weight is 221 g/mol. The summed E-state index contributed by atoms with van der Waals surface area (Å²) in [6.45, 7) is 3.38. The summed E-state index contributed by atoms with van der Waals surface area (Å²) in [5.74, 6) is 1.60. The Hall–Kier alpha value is -1.02. The first kappa shape index (κ1) is 13.0. The van der Waals surface area contributed by atoms with E-state index in [-0.39, 0.29) is 0 Å². The molecule has 2 nitrogen and oxygen atoms in total. The second-order valence-electron chi connectivity index (χ2n) is 4.47. The van der Waals surface area contributed by atoms with E-state index in [1.165, 1.54) is 18.4 Å². The predicted molar refractivity (Wildman–Crippen MR) is 69.2 cm³/mol. The molecule has 0 aliphatic rings. The quantitative estimate of drug-likeness (QED) is 0.731. The second-order valence-corrected chi connectivity index (χ2v) is 4.47. The third-order valence-corrected chi connectivity index (χ3v) is 2.98. The summed E-state index contributed by atoms with van der Waals surface area (Å²) in [5.41, 5.74) is 1.39. The van der Waals surface area contributed by atoms with Gasteiger partial charge in [0.1, 0.15) is 5.75 Å². The minimum atomic E-state index is 0.637. The lowest BCUT2D eigenvalue weighted by Gasteiger charge is -2.18. The van der Waals surface area contributed by atoms with Crippen LogP contribution >= 0.6 is 0 Å². The Labute approximate surface area is 99.2 Å². The van der Waals surface area contributed by atoms with Gasteiger partial charge in [0.05, 0.1) is 7.11 Å². The van der Waals surface area contributed by atoms with Crippen molar-refractivity contribution in [3.8, 4) is 5.75 Å². The number of hydrogen-bond acceptors (Lipinski definition) is 2. The summed E-state index contributed by atoms with van der Waals surface area (Å²) in [4.78, 5) is 2.24. The molecule has 0 aliphatic heterocycles. The van der Waals surface area contributed by atoms with Gasteiger partial charge in [0.25, 0.3) is 0 Å². The molecule has 0 saturated heterocycles. The van der Waals surface area contributed by atoms with Gasteiger partial charge < -0.3 is 9.64 Å². The third-order valence-electron chi connectivity index (χ3n) is 2.98. The largest absolute Gasteiger partial charge is 0.497 e. The monoisotopic (exact) mass is 221 g/mol. The smallest absolute Gasteiger partial charge is 0.119 e.